The van der Waals surface area contributed by atoms with Gasteiger partial charge in [-0.2, -0.15) is 0 Å². The molecule has 0 saturated carbocycles. The standard InChI is InChI=1S/C29H35N/c1-28(2)20-27(21-29(3,4)30(28)5)26-18-16-25(17-19-26)24-14-12-23(13-15-24)22-10-8-6-7-9-11-22/h6-19,22,27H,20-21H2,1-5H3. The number of rotatable bonds is 3. The van der Waals surface area contributed by atoms with Crippen molar-refractivity contribution in [2.45, 2.75) is 63.5 Å². The van der Waals surface area contributed by atoms with E-state index in [1.807, 2.05) is 0 Å². The highest BCUT2D eigenvalue weighted by molar-refractivity contribution is 5.64. The fourth-order valence-corrected chi connectivity index (χ4v) is 5.23. The molecular formula is C29H35N. The van der Waals surface area contributed by atoms with Crippen LogP contribution in [0.4, 0.5) is 0 Å². The van der Waals surface area contributed by atoms with Gasteiger partial charge in [-0.05, 0) is 75.8 Å². The molecule has 30 heavy (non-hydrogen) atoms. The second-order valence-corrected chi connectivity index (χ2v) is 10.2. The molecule has 0 bridgehead atoms. The first-order valence-corrected chi connectivity index (χ1v) is 11.2. The van der Waals surface area contributed by atoms with Gasteiger partial charge in [-0.3, -0.25) is 4.90 Å². The second kappa shape index (κ2) is 8.04. The van der Waals surface area contributed by atoms with Gasteiger partial charge in [-0.1, -0.05) is 85.0 Å². The number of benzene rings is 2. The molecule has 2 aromatic carbocycles. The largest absolute Gasteiger partial charge is 0.296 e. The van der Waals surface area contributed by atoms with Crippen molar-refractivity contribution < 1.29 is 0 Å². The summed E-state index contributed by atoms with van der Waals surface area (Å²) in [5, 5.41) is 0. The van der Waals surface area contributed by atoms with Crippen molar-refractivity contribution in [3.63, 3.8) is 0 Å². The molecular weight excluding hydrogens is 362 g/mol. The summed E-state index contributed by atoms with van der Waals surface area (Å²) in [6, 6.07) is 18.3. The van der Waals surface area contributed by atoms with Gasteiger partial charge in [0.05, 0.1) is 0 Å². The maximum atomic E-state index is 2.56. The van der Waals surface area contributed by atoms with Crippen LogP contribution in [0.25, 0.3) is 11.1 Å². The fraction of sp³-hybridized carbons (Fsp3) is 0.379. The molecule has 1 aliphatic carbocycles. The summed E-state index contributed by atoms with van der Waals surface area (Å²) >= 11 is 0. The first-order chi connectivity index (χ1) is 14.3. The maximum Gasteiger partial charge on any atom is 0.0204 e. The summed E-state index contributed by atoms with van der Waals surface area (Å²) in [6.07, 6.45) is 15.3. The smallest absolute Gasteiger partial charge is 0.0204 e. The van der Waals surface area contributed by atoms with Gasteiger partial charge in [0.15, 0.2) is 0 Å². The average Bonchev–Trinajstić information content (AvgIpc) is 3.01. The van der Waals surface area contributed by atoms with Crippen molar-refractivity contribution in [3.05, 3.63) is 96.1 Å². The van der Waals surface area contributed by atoms with Crippen molar-refractivity contribution in [1.82, 2.24) is 4.90 Å². The van der Waals surface area contributed by atoms with E-state index in [0.717, 1.165) is 0 Å². The minimum atomic E-state index is 0.220. The van der Waals surface area contributed by atoms with Gasteiger partial charge in [0.25, 0.3) is 0 Å². The minimum absolute atomic E-state index is 0.220. The topological polar surface area (TPSA) is 3.24 Å². The van der Waals surface area contributed by atoms with Crippen LogP contribution in [0.5, 0.6) is 0 Å². The average molecular weight is 398 g/mol. The van der Waals surface area contributed by atoms with Crippen LogP contribution < -0.4 is 0 Å². The van der Waals surface area contributed by atoms with Crippen LogP contribution in [-0.2, 0) is 0 Å². The van der Waals surface area contributed by atoms with Gasteiger partial charge in [-0.15, -0.1) is 0 Å². The van der Waals surface area contributed by atoms with Crippen LogP contribution in [0.2, 0.25) is 0 Å². The zero-order chi connectivity index (χ0) is 21.4. The Labute approximate surface area is 182 Å². The van der Waals surface area contributed by atoms with E-state index in [0.29, 0.717) is 11.8 Å². The first-order valence-electron chi connectivity index (χ1n) is 11.2. The lowest BCUT2D eigenvalue weighted by atomic mass is 9.71. The highest BCUT2D eigenvalue weighted by Crippen LogP contribution is 2.44. The van der Waals surface area contributed by atoms with Crippen molar-refractivity contribution in [2.24, 2.45) is 0 Å². The second-order valence-electron chi connectivity index (χ2n) is 10.2. The Morgan fingerprint density at radius 1 is 0.633 bits per heavy atom. The predicted octanol–water partition coefficient (Wildman–Crippen LogP) is 7.49. The highest BCUT2D eigenvalue weighted by Gasteiger charge is 2.43. The highest BCUT2D eigenvalue weighted by atomic mass is 15.2. The van der Waals surface area contributed by atoms with E-state index in [9.17, 15) is 0 Å². The molecule has 2 aromatic rings. The number of hydrogen-bond acceptors (Lipinski definition) is 1. The Kier molecular flexibility index (Phi) is 5.59. The molecule has 156 valence electrons. The van der Waals surface area contributed by atoms with Gasteiger partial charge in [0.1, 0.15) is 0 Å². The SMILES string of the molecule is CN1C(C)(C)CC(c2ccc(-c3ccc(C4C=CC=CC=C4)cc3)cc2)CC1(C)C. The van der Waals surface area contributed by atoms with Crippen molar-refractivity contribution in [3.8, 4) is 11.1 Å². The van der Waals surface area contributed by atoms with Gasteiger partial charge >= 0.3 is 0 Å². The third-order valence-corrected chi connectivity index (χ3v) is 7.29. The van der Waals surface area contributed by atoms with E-state index in [-0.39, 0.29) is 11.1 Å². The normalized spacial score (nSPS) is 21.6. The Morgan fingerprint density at radius 2 is 1.07 bits per heavy atom. The van der Waals surface area contributed by atoms with Crippen LogP contribution in [0, 0.1) is 0 Å². The van der Waals surface area contributed by atoms with Crippen molar-refractivity contribution in [2.75, 3.05) is 7.05 Å². The van der Waals surface area contributed by atoms with Crippen LogP contribution in [-0.4, -0.2) is 23.0 Å². The first kappa shape index (κ1) is 20.9. The molecule has 2 aliphatic rings. The Balaban J connectivity index is 1.51. The lowest BCUT2D eigenvalue weighted by Crippen LogP contribution is -2.58. The maximum absolute atomic E-state index is 2.56. The summed E-state index contributed by atoms with van der Waals surface area (Å²) in [4.78, 5) is 2.56. The number of allylic oxidation sites excluding steroid dienone is 6. The zero-order valence-electron chi connectivity index (χ0n) is 19.1. The van der Waals surface area contributed by atoms with Crippen LogP contribution >= 0.6 is 0 Å². The van der Waals surface area contributed by atoms with Crippen molar-refractivity contribution >= 4 is 0 Å². The molecule has 0 spiro atoms. The van der Waals surface area contributed by atoms with Gasteiger partial charge in [-0.25, -0.2) is 0 Å². The summed E-state index contributed by atoms with van der Waals surface area (Å²) in [6.45, 7) is 9.52. The molecule has 0 radical (unpaired) electrons. The van der Waals surface area contributed by atoms with Crippen LogP contribution in [0.1, 0.15) is 63.5 Å². The molecule has 0 N–H and O–H groups in total. The lowest BCUT2D eigenvalue weighted by molar-refractivity contribution is -0.0128. The lowest BCUT2D eigenvalue weighted by Gasteiger charge is -2.54. The number of nitrogens with zero attached hydrogens (tertiary/aromatic N) is 1. The molecule has 1 aliphatic heterocycles. The number of likely N-dealkylation sites (tertiary alicyclic amines) is 1. The van der Waals surface area contributed by atoms with E-state index in [1.54, 1.807) is 0 Å². The molecule has 1 heteroatoms. The molecule has 0 unspecified atom stereocenters. The molecule has 1 nitrogen and oxygen atoms in total. The molecule has 0 amide bonds. The Bertz CT molecular complexity index is 920. The molecule has 0 aromatic heterocycles. The molecule has 1 heterocycles. The number of piperidine rings is 1. The van der Waals surface area contributed by atoms with Gasteiger partial charge in [0, 0.05) is 17.0 Å². The van der Waals surface area contributed by atoms with E-state index >= 15 is 0 Å². The quantitative estimate of drug-likeness (QED) is 0.519. The van der Waals surface area contributed by atoms with E-state index in [1.165, 1.54) is 35.1 Å². The summed E-state index contributed by atoms with van der Waals surface area (Å²) < 4.78 is 0. The third-order valence-electron chi connectivity index (χ3n) is 7.29. The fourth-order valence-electron chi connectivity index (χ4n) is 5.23. The van der Waals surface area contributed by atoms with Gasteiger partial charge < -0.3 is 0 Å². The van der Waals surface area contributed by atoms with E-state index in [4.69, 9.17) is 0 Å². The van der Waals surface area contributed by atoms with Crippen LogP contribution in [0.3, 0.4) is 0 Å². The van der Waals surface area contributed by atoms with Crippen LogP contribution in [0.15, 0.2) is 85.0 Å². The zero-order valence-corrected chi connectivity index (χ0v) is 19.1. The van der Waals surface area contributed by atoms with Gasteiger partial charge in [0.2, 0.25) is 0 Å². The Hall–Kier alpha value is -2.38. The molecule has 4 rings (SSSR count). The Morgan fingerprint density at radius 3 is 1.53 bits per heavy atom. The summed E-state index contributed by atoms with van der Waals surface area (Å²) in [7, 11) is 2.28. The molecule has 0 atom stereocenters. The summed E-state index contributed by atoms with van der Waals surface area (Å²) in [5.41, 5.74) is 5.84. The van der Waals surface area contributed by atoms with Crippen molar-refractivity contribution in [1.29, 1.82) is 0 Å². The summed E-state index contributed by atoms with van der Waals surface area (Å²) in [5.74, 6) is 0.970. The predicted molar refractivity (Wildman–Crippen MR) is 130 cm³/mol. The monoisotopic (exact) mass is 397 g/mol. The number of hydrogen-bond donors (Lipinski definition) is 0. The molecule has 1 fully saturated rings. The molecule has 1 saturated heterocycles. The minimum Gasteiger partial charge on any atom is -0.296 e. The van der Waals surface area contributed by atoms with E-state index < -0.39 is 0 Å². The van der Waals surface area contributed by atoms with E-state index in [2.05, 4.69) is 125 Å². The third kappa shape index (κ3) is 4.23.